The van der Waals surface area contributed by atoms with Crippen molar-refractivity contribution in [2.75, 3.05) is 25.5 Å². The number of likely N-dealkylation sites (tertiary alicyclic amines) is 1. The first-order chi connectivity index (χ1) is 10.8. The summed E-state index contributed by atoms with van der Waals surface area (Å²) in [5.74, 6) is 2.62. The van der Waals surface area contributed by atoms with Crippen LogP contribution >= 0.6 is 0 Å². The van der Waals surface area contributed by atoms with Crippen LogP contribution in [0.4, 0.5) is 10.5 Å². The molecule has 2 aliphatic rings. The first kappa shape index (κ1) is 16.0. The van der Waals surface area contributed by atoms with Gasteiger partial charge in [-0.05, 0) is 43.2 Å². The van der Waals surface area contributed by atoms with E-state index in [-0.39, 0.29) is 12.1 Å². The van der Waals surface area contributed by atoms with Crippen molar-refractivity contribution in [1.82, 2.24) is 4.90 Å². The van der Waals surface area contributed by atoms with Crippen molar-refractivity contribution in [3.8, 4) is 11.5 Å². The Kier molecular flexibility index (Phi) is 3.90. The zero-order valence-corrected chi connectivity index (χ0v) is 14.6. The van der Waals surface area contributed by atoms with Crippen LogP contribution in [0.2, 0.25) is 0 Å². The fourth-order valence-electron chi connectivity index (χ4n) is 3.60. The molecule has 0 bridgehead atoms. The van der Waals surface area contributed by atoms with E-state index in [1.54, 1.807) is 7.11 Å². The number of nitrogens with zero attached hydrogens (tertiary/aromatic N) is 1. The Balaban J connectivity index is 1.65. The van der Waals surface area contributed by atoms with Gasteiger partial charge < -0.3 is 19.7 Å². The van der Waals surface area contributed by atoms with Crippen molar-refractivity contribution in [3.63, 3.8) is 0 Å². The Hall–Kier alpha value is -1.91. The summed E-state index contributed by atoms with van der Waals surface area (Å²) >= 11 is 0. The lowest BCUT2D eigenvalue weighted by molar-refractivity contribution is 0.209. The molecule has 1 saturated carbocycles. The van der Waals surface area contributed by atoms with E-state index < -0.39 is 0 Å². The number of piperidine rings is 1. The highest BCUT2D eigenvalue weighted by Crippen LogP contribution is 2.61. The van der Waals surface area contributed by atoms with Crippen LogP contribution in [0.25, 0.3) is 0 Å². The summed E-state index contributed by atoms with van der Waals surface area (Å²) in [5, 5.41) is 2.97. The fourth-order valence-corrected chi connectivity index (χ4v) is 3.60. The lowest BCUT2D eigenvalue weighted by Gasteiger charge is -2.23. The molecular weight excluding hydrogens is 292 g/mol. The van der Waals surface area contributed by atoms with Crippen LogP contribution < -0.4 is 14.8 Å². The molecule has 2 fully saturated rings. The standard InChI is InChI=1S/C18H26N2O3/c1-11(2)23-16-8-12(6-7-15(16)22-5)19-17(21)20-9-13-14(10-20)18(13,3)4/h6-8,11,13-14H,9-10H2,1-5H3,(H,19,21)/t13-,14-/m1/s1. The highest BCUT2D eigenvalue weighted by molar-refractivity contribution is 5.90. The summed E-state index contributed by atoms with van der Waals surface area (Å²) < 4.78 is 11.0. The van der Waals surface area contributed by atoms with Crippen LogP contribution in [0.3, 0.4) is 0 Å². The van der Waals surface area contributed by atoms with Gasteiger partial charge in [-0.3, -0.25) is 0 Å². The molecule has 3 rings (SSSR count). The minimum absolute atomic E-state index is 0.0336. The molecule has 23 heavy (non-hydrogen) atoms. The molecule has 0 unspecified atom stereocenters. The number of hydrogen-bond acceptors (Lipinski definition) is 3. The fraction of sp³-hybridized carbons (Fsp3) is 0.611. The van der Waals surface area contributed by atoms with Gasteiger partial charge in [0.25, 0.3) is 0 Å². The van der Waals surface area contributed by atoms with E-state index in [0.717, 1.165) is 18.8 Å². The summed E-state index contributed by atoms with van der Waals surface area (Å²) in [6.07, 6.45) is 0.0442. The predicted octanol–water partition coefficient (Wildman–Crippen LogP) is 3.60. The van der Waals surface area contributed by atoms with E-state index in [9.17, 15) is 4.79 Å². The molecule has 2 atom stereocenters. The number of carbonyl (C=O) groups excluding carboxylic acids is 1. The predicted molar refractivity (Wildman–Crippen MR) is 90.1 cm³/mol. The number of amides is 2. The number of rotatable bonds is 4. The maximum Gasteiger partial charge on any atom is 0.321 e. The van der Waals surface area contributed by atoms with Gasteiger partial charge in [-0.1, -0.05) is 13.8 Å². The lowest BCUT2D eigenvalue weighted by atomic mass is 10.1. The molecule has 0 spiro atoms. The van der Waals surface area contributed by atoms with E-state index in [2.05, 4.69) is 19.2 Å². The SMILES string of the molecule is COc1ccc(NC(=O)N2C[C@@H]3[C@@H](C2)C3(C)C)cc1OC(C)C. The van der Waals surface area contributed by atoms with Crippen molar-refractivity contribution in [1.29, 1.82) is 0 Å². The van der Waals surface area contributed by atoms with Crippen LogP contribution in [-0.4, -0.2) is 37.2 Å². The monoisotopic (exact) mass is 318 g/mol. The Bertz CT molecular complexity index is 598. The zero-order valence-electron chi connectivity index (χ0n) is 14.6. The number of ether oxygens (including phenoxy) is 2. The van der Waals surface area contributed by atoms with Gasteiger partial charge in [-0.2, -0.15) is 0 Å². The van der Waals surface area contributed by atoms with Crippen LogP contribution in [-0.2, 0) is 0 Å². The molecule has 5 nitrogen and oxygen atoms in total. The Morgan fingerprint density at radius 1 is 1.26 bits per heavy atom. The van der Waals surface area contributed by atoms with Gasteiger partial charge in [0.15, 0.2) is 11.5 Å². The summed E-state index contributed by atoms with van der Waals surface area (Å²) in [5.41, 5.74) is 1.14. The normalized spacial score (nSPS) is 24.3. The first-order valence-corrected chi connectivity index (χ1v) is 8.23. The third-order valence-electron chi connectivity index (χ3n) is 5.19. The van der Waals surface area contributed by atoms with Gasteiger partial charge in [-0.25, -0.2) is 4.79 Å². The third kappa shape index (κ3) is 2.96. The van der Waals surface area contributed by atoms with Crippen LogP contribution in [0.1, 0.15) is 27.7 Å². The highest BCUT2D eigenvalue weighted by atomic mass is 16.5. The summed E-state index contributed by atoms with van der Waals surface area (Å²) in [6.45, 7) is 10.2. The van der Waals surface area contributed by atoms with Gasteiger partial charge in [0.05, 0.1) is 13.2 Å². The number of anilines is 1. The van der Waals surface area contributed by atoms with Crippen molar-refractivity contribution in [2.45, 2.75) is 33.8 Å². The Morgan fingerprint density at radius 2 is 1.91 bits per heavy atom. The molecule has 1 aliphatic carbocycles. The number of methoxy groups -OCH3 is 1. The van der Waals surface area contributed by atoms with E-state index in [1.807, 2.05) is 36.9 Å². The molecule has 1 aliphatic heterocycles. The van der Waals surface area contributed by atoms with E-state index in [4.69, 9.17) is 9.47 Å². The van der Waals surface area contributed by atoms with Gasteiger partial charge >= 0.3 is 6.03 Å². The lowest BCUT2D eigenvalue weighted by Crippen LogP contribution is -2.36. The third-order valence-corrected chi connectivity index (χ3v) is 5.19. The molecule has 5 heteroatoms. The number of fused-ring (bicyclic) bond motifs is 1. The minimum Gasteiger partial charge on any atom is -0.493 e. The molecule has 0 radical (unpaired) electrons. The zero-order chi connectivity index (χ0) is 16.8. The highest BCUT2D eigenvalue weighted by Gasteiger charge is 2.62. The molecule has 1 aromatic carbocycles. The number of urea groups is 1. The number of nitrogens with one attached hydrogen (secondary N) is 1. The van der Waals surface area contributed by atoms with Gasteiger partial charge in [0, 0.05) is 24.8 Å². The summed E-state index contributed by atoms with van der Waals surface area (Å²) in [6, 6.07) is 5.44. The van der Waals surface area contributed by atoms with E-state index in [1.165, 1.54) is 0 Å². The summed E-state index contributed by atoms with van der Waals surface area (Å²) in [7, 11) is 1.61. The molecule has 0 aromatic heterocycles. The van der Waals surface area contributed by atoms with Gasteiger partial charge in [0.1, 0.15) is 0 Å². The van der Waals surface area contributed by atoms with Crippen molar-refractivity contribution < 1.29 is 14.3 Å². The second-order valence-electron chi connectivity index (χ2n) is 7.40. The second-order valence-corrected chi connectivity index (χ2v) is 7.40. The van der Waals surface area contributed by atoms with Gasteiger partial charge in [-0.15, -0.1) is 0 Å². The van der Waals surface area contributed by atoms with E-state index in [0.29, 0.717) is 28.7 Å². The molecule has 126 valence electrons. The van der Waals surface area contributed by atoms with Crippen molar-refractivity contribution in [2.24, 2.45) is 17.3 Å². The quantitative estimate of drug-likeness (QED) is 0.923. The van der Waals surface area contributed by atoms with Crippen LogP contribution in [0.15, 0.2) is 18.2 Å². The smallest absolute Gasteiger partial charge is 0.321 e. The molecule has 1 heterocycles. The first-order valence-electron chi connectivity index (χ1n) is 8.23. The molecule has 2 amide bonds. The molecular formula is C18H26N2O3. The van der Waals surface area contributed by atoms with E-state index >= 15 is 0 Å². The van der Waals surface area contributed by atoms with Crippen molar-refractivity contribution >= 4 is 11.7 Å². The Labute approximate surface area is 137 Å². The average Bonchev–Trinajstić information content (AvgIpc) is 2.86. The molecule has 1 saturated heterocycles. The maximum absolute atomic E-state index is 12.4. The van der Waals surface area contributed by atoms with Crippen molar-refractivity contribution in [3.05, 3.63) is 18.2 Å². The Morgan fingerprint density at radius 3 is 2.48 bits per heavy atom. The van der Waals surface area contributed by atoms with Gasteiger partial charge in [0.2, 0.25) is 0 Å². The molecule has 1 aromatic rings. The number of carbonyl (C=O) groups is 1. The topological polar surface area (TPSA) is 50.8 Å². The molecule has 1 N–H and O–H groups in total. The second kappa shape index (κ2) is 5.62. The summed E-state index contributed by atoms with van der Waals surface area (Å²) in [4.78, 5) is 14.3. The average molecular weight is 318 g/mol. The number of hydrogen-bond donors (Lipinski definition) is 1. The number of benzene rings is 1. The largest absolute Gasteiger partial charge is 0.493 e. The van der Waals surface area contributed by atoms with Crippen LogP contribution in [0.5, 0.6) is 11.5 Å². The minimum atomic E-state index is -0.0336. The maximum atomic E-state index is 12.4. The van der Waals surface area contributed by atoms with Crippen LogP contribution in [0, 0.1) is 17.3 Å².